The Balaban J connectivity index is 1.93. The molecule has 1 heterocycles. The summed E-state index contributed by atoms with van der Waals surface area (Å²) in [4.78, 5) is 2.13. The number of ether oxygens (including phenoxy) is 1. The standard InChI is InChI=1S/C16H26N2O/c1-12-11-15(9-10-19-12)17-13(2)14-5-7-16(8-6-14)18(3)4/h5-8,12-13,15,17H,9-11H2,1-4H3. The second-order valence-corrected chi connectivity index (χ2v) is 5.78. The molecule has 3 unspecified atom stereocenters. The predicted molar refractivity (Wildman–Crippen MR) is 80.8 cm³/mol. The van der Waals surface area contributed by atoms with E-state index in [4.69, 9.17) is 4.74 Å². The summed E-state index contributed by atoms with van der Waals surface area (Å²) in [7, 11) is 4.14. The molecule has 3 heteroatoms. The summed E-state index contributed by atoms with van der Waals surface area (Å²) in [5.74, 6) is 0. The van der Waals surface area contributed by atoms with Crippen molar-refractivity contribution in [3.63, 3.8) is 0 Å². The molecule has 1 aliphatic rings. The Hall–Kier alpha value is -1.06. The minimum absolute atomic E-state index is 0.384. The number of hydrogen-bond acceptors (Lipinski definition) is 3. The second-order valence-electron chi connectivity index (χ2n) is 5.78. The zero-order chi connectivity index (χ0) is 13.8. The SMILES string of the molecule is CC1CC(NC(C)c2ccc(N(C)C)cc2)CCO1. The summed E-state index contributed by atoms with van der Waals surface area (Å²) in [5.41, 5.74) is 2.60. The molecule has 0 radical (unpaired) electrons. The van der Waals surface area contributed by atoms with Crippen LogP contribution in [-0.4, -0.2) is 32.8 Å². The minimum atomic E-state index is 0.384. The molecule has 3 atom stereocenters. The van der Waals surface area contributed by atoms with Crippen molar-refractivity contribution in [3.05, 3.63) is 29.8 Å². The van der Waals surface area contributed by atoms with E-state index in [-0.39, 0.29) is 0 Å². The van der Waals surface area contributed by atoms with Crippen LogP contribution in [-0.2, 0) is 4.74 Å². The molecular formula is C16H26N2O. The van der Waals surface area contributed by atoms with E-state index < -0.39 is 0 Å². The number of nitrogens with zero attached hydrogens (tertiary/aromatic N) is 1. The predicted octanol–water partition coefficient (Wildman–Crippen LogP) is 2.97. The minimum Gasteiger partial charge on any atom is -0.378 e. The summed E-state index contributed by atoms with van der Waals surface area (Å²) >= 11 is 0. The number of benzene rings is 1. The van der Waals surface area contributed by atoms with Gasteiger partial charge in [-0.25, -0.2) is 0 Å². The van der Waals surface area contributed by atoms with Gasteiger partial charge in [-0.1, -0.05) is 12.1 Å². The van der Waals surface area contributed by atoms with Crippen LogP contribution >= 0.6 is 0 Å². The van der Waals surface area contributed by atoms with Crippen molar-refractivity contribution in [2.75, 3.05) is 25.6 Å². The molecule has 0 saturated carbocycles. The first-order valence-electron chi connectivity index (χ1n) is 7.21. The van der Waals surface area contributed by atoms with Gasteiger partial charge in [0.2, 0.25) is 0 Å². The van der Waals surface area contributed by atoms with Crippen molar-refractivity contribution >= 4 is 5.69 Å². The molecule has 0 aliphatic carbocycles. The van der Waals surface area contributed by atoms with E-state index in [0.29, 0.717) is 18.2 Å². The third-order valence-corrected chi connectivity index (χ3v) is 3.88. The van der Waals surface area contributed by atoms with E-state index in [0.717, 1.165) is 19.4 Å². The van der Waals surface area contributed by atoms with E-state index in [1.807, 2.05) is 0 Å². The van der Waals surface area contributed by atoms with E-state index >= 15 is 0 Å². The van der Waals surface area contributed by atoms with Crippen molar-refractivity contribution in [3.8, 4) is 0 Å². The maximum absolute atomic E-state index is 5.59. The third-order valence-electron chi connectivity index (χ3n) is 3.88. The van der Waals surface area contributed by atoms with Crippen LogP contribution < -0.4 is 10.2 Å². The largest absolute Gasteiger partial charge is 0.378 e. The Morgan fingerprint density at radius 3 is 2.53 bits per heavy atom. The first-order chi connectivity index (χ1) is 9.06. The molecule has 1 saturated heterocycles. The van der Waals surface area contributed by atoms with Crippen LogP contribution in [0.5, 0.6) is 0 Å². The van der Waals surface area contributed by atoms with Crippen LogP contribution in [0.2, 0.25) is 0 Å². The Labute approximate surface area is 116 Å². The molecule has 19 heavy (non-hydrogen) atoms. The fraction of sp³-hybridized carbons (Fsp3) is 0.625. The van der Waals surface area contributed by atoms with Crippen LogP contribution in [0.15, 0.2) is 24.3 Å². The van der Waals surface area contributed by atoms with Gasteiger partial charge in [0, 0.05) is 38.5 Å². The highest BCUT2D eigenvalue weighted by molar-refractivity contribution is 5.46. The van der Waals surface area contributed by atoms with Gasteiger partial charge in [0.25, 0.3) is 0 Å². The highest BCUT2D eigenvalue weighted by atomic mass is 16.5. The zero-order valence-corrected chi connectivity index (χ0v) is 12.5. The van der Waals surface area contributed by atoms with Gasteiger partial charge in [0.05, 0.1) is 6.10 Å². The Bertz CT molecular complexity index is 388. The van der Waals surface area contributed by atoms with Crippen LogP contribution in [0.3, 0.4) is 0 Å². The Kier molecular flexibility index (Phi) is 4.83. The lowest BCUT2D eigenvalue weighted by Crippen LogP contribution is -2.39. The summed E-state index contributed by atoms with van der Waals surface area (Å²) in [6, 6.07) is 9.77. The number of rotatable bonds is 4. The third kappa shape index (κ3) is 3.95. The molecular weight excluding hydrogens is 236 g/mol. The van der Waals surface area contributed by atoms with Crippen molar-refractivity contribution in [2.45, 2.75) is 44.9 Å². The molecule has 1 aromatic carbocycles. The topological polar surface area (TPSA) is 24.5 Å². The number of nitrogens with one attached hydrogen (secondary N) is 1. The van der Waals surface area contributed by atoms with Gasteiger partial charge >= 0.3 is 0 Å². The van der Waals surface area contributed by atoms with Crippen molar-refractivity contribution in [1.29, 1.82) is 0 Å². The Morgan fingerprint density at radius 2 is 1.95 bits per heavy atom. The second kappa shape index (κ2) is 6.40. The molecule has 0 amide bonds. The summed E-state index contributed by atoms with van der Waals surface area (Å²) < 4.78 is 5.59. The molecule has 2 rings (SSSR count). The molecule has 1 aliphatic heterocycles. The molecule has 0 spiro atoms. The van der Waals surface area contributed by atoms with Gasteiger partial charge in [0.15, 0.2) is 0 Å². The van der Waals surface area contributed by atoms with E-state index in [1.54, 1.807) is 0 Å². The van der Waals surface area contributed by atoms with E-state index in [2.05, 4.69) is 62.4 Å². The van der Waals surface area contributed by atoms with Crippen molar-refractivity contribution in [2.24, 2.45) is 0 Å². The lowest BCUT2D eigenvalue weighted by Gasteiger charge is -2.30. The fourth-order valence-electron chi connectivity index (χ4n) is 2.66. The monoisotopic (exact) mass is 262 g/mol. The molecule has 106 valence electrons. The molecule has 0 bridgehead atoms. The molecule has 0 aromatic heterocycles. The summed E-state index contributed by atoms with van der Waals surface area (Å²) in [6.07, 6.45) is 2.61. The maximum atomic E-state index is 5.59. The zero-order valence-electron chi connectivity index (χ0n) is 12.5. The van der Waals surface area contributed by atoms with Crippen molar-refractivity contribution in [1.82, 2.24) is 5.32 Å². The quantitative estimate of drug-likeness (QED) is 0.903. The summed E-state index contributed by atoms with van der Waals surface area (Å²) in [6.45, 7) is 5.28. The van der Waals surface area contributed by atoms with Gasteiger partial charge in [-0.15, -0.1) is 0 Å². The van der Waals surface area contributed by atoms with Gasteiger partial charge in [-0.2, -0.15) is 0 Å². The van der Waals surface area contributed by atoms with Gasteiger partial charge in [0.1, 0.15) is 0 Å². The Morgan fingerprint density at radius 1 is 1.26 bits per heavy atom. The van der Waals surface area contributed by atoms with E-state index in [9.17, 15) is 0 Å². The average molecular weight is 262 g/mol. The van der Waals surface area contributed by atoms with Crippen LogP contribution in [0.25, 0.3) is 0 Å². The molecule has 1 N–H and O–H groups in total. The number of hydrogen-bond donors (Lipinski definition) is 1. The molecule has 1 aromatic rings. The van der Waals surface area contributed by atoms with Crippen LogP contribution in [0, 0.1) is 0 Å². The average Bonchev–Trinajstić information content (AvgIpc) is 2.39. The maximum Gasteiger partial charge on any atom is 0.0561 e. The molecule has 1 fully saturated rings. The lowest BCUT2D eigenvalue weighted by molar-refractivity contribution is 0.0116. The normalized spacial score (nSPS) is 25.1. The lowest BCUT2D eigenvalue weighted by atomic mass is 10.0. The fourth-order valence-corrected chi connectivity index (χ4v) is 2.66. The van der Waals surface area contributed by atoms with Gasteiger partial charge in [-0.3, -0.25) is 0 Å². The van der Waals surface area contributed by atoms with Gasteiger partial charge in [-0.05, 0) is 44.4 Å². The van der Waals surface area contributed by atoms with Crippen molar-refractivity contribution < 1.29 is 4.74 Å². The highest BCUT2D eigenvalue weighted by Crippen LogP contribution is 2.21. The first-order valence-corrected chi connectivity index (χ1v) is 7.21. The van der Waals surface area contributed by atoms with Crippen LogP contribution in [0.1, 0.15) is 38.3 Å². The first kappa shape index (κ1) is 14.4. The van der Waals surface area contributed by atoms with E-state index in [1.165, 1.54) is 11.3 Å². The highest BCUT2D eigenvalue weighted by Gasteiger charge is 2.20. The smallest absolute Gasteiger partial charge is 0.0561 e. The summed E-state index contributed by atoms with van der Waals surface area (Å²) in [5, 5.41) is 3.72. The molecule has 3 nitrogen and oxygen atoms in total. The van der Waals surface area contributed by atoms with Crippen LogP contribution in [0.4, 0.5) is 5.69 Å². The number of anilines is 1. The van der Waals surface area contributed by atoms with Gasteiger partial charge < -0.3 is 15.0 Å².